The highest BCUT2D eigenvalue weighted by Crippen LogP contribution is 2.76. The Kier molecular flexibility index (Phi) is 22.2. The third-order valence-corrected chi connectivity index (χ3v) is 45.2. The molecule has 16 nitrogen and oxygen atoms in total. The van der Waals surface area contributed by atoms with Gasteiger partial charge < -0.3 is 49.2 Å². The van der Waals surface area contributed by atoms with Crippen molar-refractivity contribution in [2.45, 2.75) is 352 Å². The summed E-state index contributed by atoms with van der Waals surface area (Å²) in [4.78, 5) is 27.5. The molecule has 4 unspecified atom stereocenters. The highest BCUT2D eigenvalue weighted by atomic mass is 16.5. The molecule has 16 heteroatoms. The van der Waals surface area contributed by atoms with Crippen LogP contribution in [0.1, 0.15) is 293 Å². The minimum absolute atomic E-state index is 0.00532. The topological polar surface area (TPSA) is 182 Å². The lowest BCUT2D eigenvalue weighted by Crippen LogP contribution is -2.65. The van der Waals surface area contributed by atoms with Crippen LogP contribution in [0.2, 0.25) is 0 Å². The third kappa shape index (κ3) is 14.0. The summed E-state index contributed by atoms with van der Waals surface area (Å²) in [7, 11) is 4.60. The highest BCUT2D eigenvalue weighted by molar-refractivity contribution is 5.85. The van der Waals surface area contributed by atoms with Crippen molar-refractivity contribution in [3.63, 3.8) is 0 Å². The van der Waals surface area contributed by atoms with Crippen LogP contribution in [0.5, 0.6) is 0 Å². The summed E-state index contributed by atoms with van der Waals surface area (Å²) in [5.41, 5.74) is 18.1. The van der Waals surface area contributed by atoms with E-state index < -0.39 is 12.2 Å². The Morgan fingerprint density at radius 2 is 0.629 bits per heavy atom. The van der Waals surface area contributed by atoms with Crippen molar-refractivity contribution in [1.82, 2.24) is 39.5 Å². The minimum atomic E-state index is -0.619. The molecule has 10 aliphatic heterocycles. The van der Waals surface area contributed by atoms with E-state index in [1.165, 1.54) is 227 Å². The first-order valence-electron chi connectivity index (χ1n) is 56.6. The van der Waals surface area contributed by atoms with Crippen LogP contribution in [-0.2, 0) is 18.9 Å². The highest BCUT2D eigenvalue weighted by Gasteiger charge is 2.73. The molecule has 0 radical (unpaired) electrons. The Morgan fingerprint density at radius 1 is 0.343 bits per heavy atom. The lowest BCUT2D eigenvalue weighted by Gasteiger charge is -2.57. The number of hydrogen-bond acceptors (Lipinski definition) is 16. The molecule has 8 spiro atoms. The molecule has 8 saturated carbocycles. The van der Waals surface area contributed by atoms with Gasteiger partial charge in [-0.05, 0) is 439 Å². The average molecular weight is 1920 g/mol. The summed E-state index contributed by atoms with van der Waals surface area (Å²) in [6.07, 6.45) is 72.7. The molecular weight excluding hydrogens is 1770 g/mol. The molecule has 30 rings (SSSR count). The van der Waals surface area contributed by atoms with Gasteiger partial charge in [-0.15, -0.1) is 0 Å². The number of aliphatic hydroxyl groups excluding tert-OH is 4. The van der Waals surface area contributed by atoms with Gasteiger partial charge >= 0.3 is 0 Å². The van der Waals surface area contributed by atoms with Crippen molar-refractivity contribution in [3.8, 4) is 0 Å². The largest absolute Gasteiger partial charge is 0.396 e. The Balaban J connectivity index is 0.0000000952. The van der Waals surface area contributed by atoms with Crippen molar-refractivity contribution in [1.29, 1.82) is 0 Å². The molecule has 8 aromatic rings. The van der Waals surface area contributed by atoms with E-state index in [4.69, 9.17) is 18.9 Å². The Labute approximate surface area is 847 Å². The second kappa shape index (κ2) is 34.0. The van der Waals surface area contributed by atoms with Gasteiger partial charge in [-0.3, -0.25) is 29.7 Å². The Hall–Kier alpha value is -8.04. The molecule has 8 bridgehead atoms. The van der Waals surface area contributed by atoms with Gasteiger partial charge in [0, 0.05) is 127 Å². The number of likely N-dealkylation sites (tertiary alicyclic amines) is 2. The van der Waals surface area contributed by atoms with Gasteiger partial charge in [0.25, 0.3) is 0 Å². The maximum absolute atomic E-state index is 10.2. The maximum Gasteiger partial charge on any atom is 0.0974 e. The van der Waals surface area contributed by atoms with Crippen LogP contribution in [0.3, 0.4) is 0 Å². The number of rotatable bonds is 12. The van der Waals surface area contributed by atoms with Crippen LogP contribution in [0.15, 0.2) is 240 Å². The molecule has 0 amide bonds. The van der Waals surface area contributed by atoms with Crippen molar-refractivity contribution in [3.05, 3.63) is 262 Å². The number of aliphatic hydroxyl groups is 4. The molecule has 4 aromatic carbocycles. The van der Waals surface area contributed by atoms with Crippen molar-refractivity contribution < 1.29 is 39.4 Å². The number of nitrogens with zero attached hydrogens (tertiary/aromatic N) is 8. The monoisotopic (exact) mass is 1920 g/mol. The van der Waals surface area contributed by atoms with Crippen molar-refractivity contribution in [2.24, 2.45) is 50.7 Å². The van der Waals surface area contributed by atoms with E-state index in [1.54, 1.807) is 11.1 Å². The van der Waals surface area contributed by atoms with Crippen molar-refractivity contribution in [2.75, 3.05) is 66.6 Å². The zero-order valence-electron chi connectivity index (χ0n) is 86.3. The van der Waals surface area contributed by atoms with Crippen LogP contribution in [0.25, 0.3) is 43.1 Å². The molecule has 26 atom stereocenters. The van der Waals surface area contributed by atoms with E-state index in [-0.39, 0.29) is 85.1 Å². The van der Waals surface area contributed by atoms with Gasteiger partial charge in [-0.1, -0.05) is 139 Å². The van der Waals surface area contributed by atoms with Gasteiger partial charge in [0.2, 0.25) is 0 Å². The first-order chi connectivity index (χ1) is 69.3. The predicted octanol–water partition coefficient (Wildman–Crippen LogP) is 23.6. The second-order valence-electron chi connectivity index (χ2n) is 51.3. The van der Waals surface area contributed by atoms with Crippen LogP contribution in [0, 0.1) is 50.7 Å². The number of fused-ring (bicyclic) bond motifs is 8. The van der Waals surface area contributed by atoms with Gasteiger partial charge in [0.05, 0.1) is 70.2 Å². The number of pyridine rings is 4. The van der Waals surface area contributed by atoms with Crippen LogP contribution < -0.4 is 0 Å². The van der Waals surface area contributed by atoms with Gasteiger partial charge in [0.1, 0.15) is 0 Å². The van der Waals surface area contributed by atoms with Crippen LogP contribution in [-0.4, -0.2) is 208 Å². The fourth-order valence-electron chi connectivity index (χ4n) is 37.3. The first-order valence-corrected chi connectivity index (χ1v) is 56.6. The number of hydrogen-bond donors (Lipinski definition) is 4. The van der Waals surface area contributed by atoms with Crippen molar-refractivity contribution >= 4 is 43.1 Å². The number of aromatic nitrogens is 4. The lowest BCUT2D eigenvalue weighted by atomic mass is 9.58. The zero-order chi connectivity index (χ0) is 97.0. The average Bonchev–Trinajstić information content (AvgIpc) is 1.54. The van der Waals surface area contributed by atoms with Gasteiger partial charge in [-0.25, -0.2) is 0 Å². The third-order valence-electron chi connectivity index (χ3n) is 45.2. The standard InChI is InChI=1S/C33H40N2O3.C32H38N2O3.2C31H38N2O/c1-30-10-8-26-15-25-4-5-27(35-18-31(19-35,20-36)21-37)16-32(25)11-12-33(26,38-32)29(30)7-6-28(30)23-3-2-22-9-13-34-17-24(22)14-23;1-30-10-8-24-15-23-4-5-25(34-18-27(35)28(36)19-34)16-31(23)11-12-32(24,37-31)29(30)7-6-26(30)21-3-2-20-9-13-33-17-22(20)14-21;2*1-4-33(3)26-8-7-24-18-25-11-13-29(2)27(22-6-5-21-12-16-32-20-23(21)17-22)9-10-28(29)31(25)15-14-30(24,19-26)34-31/h2-3,8-9,13-15,17,27-29,36-37H,4-7,10-12,16,18-21H2,1H3;2-3,8-9,13-15,17,25-29,35-36H,4-7,10-12,16,18-19H2,1H3;2*5-6,11-12,16-18,20,26-28H,4,7-10,13-15,19H2,1-3H3/t27-,28-,29-,30-,32-,33?;25-,26-,27-,28+,29-,30-,31-,32?;2*26-,27-,28-,29-,30-,31?/m1111/s1. The van der Waals surface area contributed by atoms with Gasteiger partial charge in [-0.2, -0.15) is 0 Å². The Bertz CT molecular complexity index is 6500. The summed E-state index contributed by atoms with van der Waals surface area (Å²) < 4.78 is 29.9. The molecule has 750 valence electrons. The van der Waals surface area contributed by atoms with E-state index in [9.17, 15) is 20.4 Å². The van der Waals surface area contributed by atoms with Crippen LogP contribution in [0.4, 0.5) is 0 Å². The fourth-order valence-corrected chi connectivity index (χ4v) is 37.3. The zero-order valence-corrected chi connectivity index (χ0v) is 86.3. The molecule has 14 fully saturated rings. The fraction of sp³-hybridized carbons (Fsp3) is 0.591. The first kappa shape index (κ1) is 93.5. The quantitative estimate of drug-likeness (QED) is 0.0906. The number of ether oxygens (including phenoxy) is 4. The van der Waals surface area contributed by atoms with E-state index in [0.29, 0.717) is 84.6 Å². The minimum Gasteiger partial charge on any atom is -0.396 e. The van der Waals surface area contributed by atoms with E-state index >= 15 is 0 Å². The lowest BCUT2D eigenvalue weighted by molar-refractivity contribution is -0.155. The summed E-state index contributed by atoms with van der Waals surface area (Å²) in [6, 6.07) is 38.9. The molecule has 14 heterocycles. The predicted molar refractivity (Wildman–Crippen MR) is 566 cm³/mol. The molecule has 4 aromatic heterocycles. The summed E-state index contributed by atoms with van der Waals surface area (Å²) >= 11 is 0. The molecule has 12 aliphatic carbocycles. The van der Waals surface area contributed by atoms with E-state index in [2.05, 4.69) is 241 Å². The van der Waals surface area contributed by atoms with E-state index in [1.807, 2.05) is 49.6 Å². The summed E-state index contributed by atoms with van der Waals surface area (Å²) in [5.74, 6) is 4.54. The molecular formula is C127H154N8O8. The number of allylic oxidation sites excluding steroid dienone is 4. The number of β-amino-alcohol motifs (C(OH)–C–C–N with tert-alkyl or cyclic N) is 2. The van der Waals surface area contributed by atoms with Gasteiger partial charge in [0.15, 0.2) is 0 Å². The molecule has 6 saturated heterocycles. The molecule has 143 heavy (non-hydrogen) atoms. The second-order valence-corrected chi connectivity index (χ2v) is 51.3. The smallest absolute Gasteiger partial charge is 0.0974 e. The normalized spacial score (nSPS) is 41.8. The molecule has 4 N–H and O–H groups in total. The Morgan fingerprint density at radius 3 is 0.923 bits per heavy atom. The number of benzene rings is 4. The summed E-state index contributed by atoms with van der Waals surface area (Å²) in [5, 5.41) is 50.1. The van der Waals surface area contributed by atoms with E-state index in [0.717, 1.165) is 103 Å². The molecule has 22 aliphatic rings. The summed E-state index contributed by atoms with van der Waals surface area (Å²) in [6.45, 7) is 20.0. The SMILES string of the molecule is CCN(C)[C@@H]1CCC2=CC3=CC[C@]4(C)[C@@H](c5ccc6ccncc6c5)CC[C@H]4C34CC[C@]2(C1)O4.CCN(C)[C@@H]1CCC2=CC3=CC[C@]4(C)[C@@H](c5ccc6ccncc6c5)CC[C@H]4C34CC[C@]2(C1)O4.C[C@]12CC=C3C=C4CC[C@@H](N5CC(CO)(CO)C5)C[C@]45CCC3(O5)[C@@H]1CC[C@@H]2c1ccc2ccncc2c1.C[C@]12CC=C3C=C4CC[C@@H](N5C[C@@H](O)[C@@H](O)C5)C[C@]45CCC3(O5)[C@@H]1CC[C@@H]2c1ccc2ccncc2c1. The maximum atomic E-state index is 10.2. The van der Waals surface area contributed by atoms with Crippen LogP contribution >= 0.6 is 0 Å².